The van der Waals surface area contributed by atoms with Gasteiger partial charge in [0.15, 0.2) is 6.61 Å². The fourth-order valence-electron chi connectivity index (χ4n) is 4.08. The van der Waals surface area contributed by atoms with E-state index in [1.807, 2.05) is 18.4 Å². The average Bonchev–Trinajstić information content (AvgIpc) is 3.14. The molecule has 2 aromatic rings. The number of nitrogens with zero attached hydrogens (tertiary/aromatic N) is 2. The van der Waals surface area contributed by atoms with Gasteiger partial charge in [-0.25, -0.2) is 4.79 Å². The second-order valence-electron chi connectivity index (χ2n) is 8.13. The zero-order valence-electron chi connectivity index (χ0n) is 19.4. The number of fused-ring (bicyclic) bond motifs is 1. The number of rotatable bonds is 9. The van der Waals surface area contributed by atoms with E-state index in [4.69, 9.17) is 9.47 Å². The fraction of sp³-hybridized carbons (Fsp3) is 0.360. The van der Waals surface area contributed by atoms with Crippen LogP contribution in [-0.4, -0.2) is 79.6 Å². The van der Waals surface area contributed by atoms with Gasteiger partial charge in [-0.05, 0) is 54.8 Å². The number of thioether (sulfide) groups is 1. The Hall–Kier alpha value is -3.37. The van der Waals surface area contributed by atoms with Crippen molar-refractivity contribution in [2.24, 2.45) is 0 Å². The number of hydrogen-bond donors (Lipinski definition) is 1. The van der Waals surface area contributed by atoms with Gasteiger partial charge in [-0.1, -0.05) is 12.1 Å². The van der Waals surface area contributed by atoms with Crippen LogP contribution in [0.5, 0.6) is 0 Å². The van der Waals surface area contributed by atoms with Crippen molar-refractivity contribution in [3.63, 3.8) is 0 Å². The van der Waals surface area contributed by atoms with Crippen LogP contribution in [0, 0.1) is 0 Å². The normalized spacial score (nSPS) is 16.1. The maximum absolute atomic E-state index is 12.9. The number of hydrogen-bond acceptors (Lipinski definition) is 8. The first kappa shape index (κ1) is 24.7. The summed E-state index contributed by atoms with van der Waals surface area (Å²) in [5.74, 6) is -1.82. The molecule has 2 aliphatic rings. The first-order valence-corrected chi connectivity index (χ1v) is 12.7. The number of ether oxygens (including phenoxy) is 2. The van der Waals surface area contributed by atoms with Gasteiger partial charge >= 0.3 is 5.97 Å². The molecule has 1 fully saturated rings. The molecule has 3 amide bonds. The molecular formula is C25H27N3O6S. The second kappa shape index (κ2) is 11.4. The number of carbonyl (C=O) groups excluding carboxylic acids is 4. The number of anilines is 2. The zero-order valence-corrected chi connectivity index (χ0v) is 20.2. The van der Waals surface area contributed by atoms with Gasteiger partial charge < -0.3 is 19.7 Å². The van der Waals surface area contributed by atoms with E-state index in [1.54, 1.807) is 36.4 Å². The summed E-state index contributed by atoms with van der Waals surface area (Å²) < 4.78 is 10.6. The number of nitrogens with one attached hydrogen (secondary N) is 1. The van der Waals surface area contributed by atoms with Crippen LogP contribution < -0.4 is 10.2 Å². The average molecular weight is 498 g/mol. The van der Waals surface area contributed by atoms with E-state index in [0.717, 1.165) is 23.7 Å². The largest absolute Gasteiger partial charge is 0.454 e. The smallest absolute Gasteiger partial charge is 0.329 e. The molecule has 4 rings (SSSR count). The van der Waals surface area contributed by atoms with Crippen molar-refractivity contribution in [3.8, 4) is 0 Å². The molecule has 1 atom stereocenters. The van der Waals surface area contributed by atoms with E-state index >= 15 is 0 Å². The lowest BCUT2D eigenvalue weighted by atomic mass is 10.1. The monoisotopic (exact) mass is 497 g/mol. The third-order valence-corrected chi connectivity index (χ3v) is 6.52. The Labute approximate surface area is 207 Å². The van der Waals surface area contributed by atoms with Crippen LogP contribution in [0.15, 0.2) is 48.5 Å². The van der Waals surface area contributed by atoms with Gasteiger partial charge in [-0.2, -0.15) is 11.8 Å². The lowest BCUT2D eigenvalue weighted by Gasteiger charge is -2.28. The second-order valence-corrected chi connectivity index (χ2v) is 9.11. The molecule has 0 radical (unpaired) electrons. The summed E-state index contributed by atoms with van der Waals surface area (Å²) in [5, 5.41) is 2.70. The van der Waals surface area contributed by atoms with E-state index < -0.39 is 36.3 Å². The standard InChI is InChI=1S/C25H27N3O6S/c1-35-15-10-21(28-23(30)19-4-2-3-5-20(19)24(28)31)25(32)34-16-22(29)26-17-6-8-18(9-7-17)27-11-13-33-14-12-27/h2-9,21H,10-16H2,1H3,(H,26,29)/t21-/m1/s1. The van der Waals surface area contributed by atoms with E-state index in [-0.39, 0.29) is 17.5 Å². The maximum atomic E-state index is 12.9. The Morgan fingerprint density at radius 2 is 1.66 bits per heavy atom. The summed E-state index contributed by atoms with van der Waals surface area (Å²) in [6.45, 7) is 2.47. The first-order valence-electron chi connectivity index (χ1n) is 11.3. The fourth-order valence-corrected chi connectivity index (χ4v) is 4.54. The molecule has 0 bridgehead atoms. The minimum Gasteiger partial charge on any atom is -0.454 e. The van der Waals surface area contributed by atoms with Gasteiger partial charge in [0, 0.05) is 24.5 Å². The number of esters is 1. The number of benzene rings is 2. The van der Waals surface area contributed by atoms with Gasteiger partial charge in [0.25, 0.3) is 17.7 Å². The molecule has 9 nitrogen and oxygen atoms in total. The number of amides is 3. The number of morpholine rings is 1. The summed E-state index contributed by atoms with van der Waals surface area (Å²) in [7, 11) is 0. The molecule has 184 valence electrons. The van der Waals surface area contributed by atoms with Crippen molar-refractivity contribution < 1.29 is 28.7 Å². The molecule has 2 heterocycles. The molecule has 2 aliphatic heterocycles. The Kier molecular flexibility index (Phi) is 8.04. The van der Waals surface area contributed by atoms with Crippen LogP contribution in [0.3, 0.4) is 0 Å². The van der Waals surface area contributed by atoms with Gasteiger partial charge in [-0.3, -0.25) is 19.3 Å². The van der Waals surface area contributed by atoms with E-state index in [1.165, 1.54) is 11.8 Å². The van der Waals surface area contributed by atoms with Crippen molar-refractivity contribution in [1.82, 2.24) is 4.90 Å². The molecule has 1 N–H and O–H groups in total. The highest BCUT2D eigenvalue weighted by atomic mass is 32.2. The first-order chi connectivity index (χ1) is 17.0. The van der Waals surface area contributed by atoms with Crippen LogP contribution in [0.1, 0.15) is 27.1 Å². The van der Waals surface area contributed by atoms with Crippen molar-refractivity contribution >= 4 is 46.8 Å². The molecule has 10 heteroatoms. The van der Waals surface area contributed by atoms with Crippen molar-refractivity contribution in [1.29, 1.82) is 0 Å². The topological polar surface area (TPSA) is 105 Å². The minimum atomic E-state index is -1.10. The highest BCUT2D eigenvalue weighted by Crippen LogP contribution is 2.26. The van der Waals surface area contributed by atoms with Gasteiger partial charge in [0.1, 0.15) is 6.04 Å². The van der Waals surface area contributed by atoms with E-state index in [0.29, 0.717) is 24.7 Å². The summed E-state index contributed by atoms with van der Waals surface area (Å²) in [4.78, 5) is 54.1. The summed E-state index contributed by atoms with van der Waals surface area (Å²) in [6.07, 6.45) is 2.10. The number of carbonyl (C=O) groups is 4. The van der Waals surface area contributed by atoms with Gasteiger partial charge in [-0.15, -0.1) is 0 Å². The highest BCUT2D eigenvalue weighted by molar-refractivity contribution is 7.98. The third-order valence-electron chi connectivity index (χ3n) is 5.88. The van der Waals surface area contributed by atoms with Crippen LogP contribution >= 0.6 is 11.8 Å². The predicted molar refractivity (Wildman–Crippen MR) is 133 cm³/mol. The molecule has 0 aromatic heterocycles. The van der Waals surface area contributed by atoms with Gasteiger partial charge in [0.05, 0.1) is 24.3 Å². The summed E-state index contributed by atoms with van der Waals surface area (Å²) in [6, 6.07) is 12.7. The third kappa shape index (κ3) is 5.66. The quantitative estimate of drug-likeness (QED) is 0.416. The minimum absolute atomic E-state index is 0.232. The van der Waals surface area contributed by atoms with Crippen molar-refractivity contribution in [2.75, 3.05) is 55.1 Å². The summed E-state index contributed by atoms with van der Waals surface area (Å²) in [5.41, 5.74) is 2.13. The Morgan fingerprint density at radius 1 is 1.03 bits per heavy atom. The molecule has 0 spiro atoms. The molecule has 1 saturated heterocycles. The Balaban J connectivity index is 1.35. The van der Waals surface area contributed by atoms with Crippen molar-refractivity contribution in [2.45, 2.75) is 12.5 Å². The summed E-state index contributed by atoms with van der Waals surface area (Å²) >= 11 is 1.48. The SMILES string of the molecule is CSCC[C@H](C(=O)OCC(=O)Nc1ccc(N2CCOCC2)cc1)N1C(=O)c2ccccc2C1=O. The molecular weight excluding hydrogens is 470 g/mol. The van der Waals surface area contributed by atoms with Crippen LogP contribution in [0.25, 0.3) is 0 Å². The van der Waals surface area contributed by atoms with E-state index in [2.05, 4.69) is 10.2 Å². The Bertz CT molecular complexity index is 1070. The zero-order chi connectivity index (χ0) is 24.8. The van der Waals surface area contributed by atoms with E-state index in [9.17, 15) is 19.2 Å². The molecule has 0 aliphatic carbocycles. The molecule has 35 heavy (non-hydrogen) atoms. The highest BCUT2D eigenvalue weighted by Gasteiger charge is 2.43. The molecule has 2 aromatic carbocycles. The lowest BCUT2D eigenvalue weighted by molar-refractivity contribution is -0.151. The molecule has 0 unspecified atom stereocenters. The predicted octanol–water partition coefficient (Wildman–Crippen LogP) is 2.42. The van der Waals surface area contributed by atoms with Crippen LogP contribution in [0.2, 0.25) is 0 Å². The lowest BCUT2D eigenvalue weighted by Crippen LogP contribution is -2.46. The number of imide groups is 1. The Morgan fingerprint density at radius 3 is 2.26 bits per heavy atom. The van der Waals surface area contributed by atoms with Crippen molar-refractivity contribution in [3.05, 3.63) is 59.7 Å². The van der Waals surface area contributed by atoms with Crippen LogP contribution in [0.4, 0.5) is 11.4 Å². The van der Waals surface area contributed by atoms with Crippen LogP contribution in [-0.2, 0) is 19.1 Å². The molecule has 0 saturated carbocycles. The van der Waals surface area contributed by atoms with Gasteiger partial charge in [0.2, 0.25) is 0 Å². The maximum Gasteiger partial charge on any atom is 0.329 e.